The average molecular weight is 668 g/mol. The van der Waals surface area contributed by atoms with E-state index in [0.717, 1.165) is 22.2 Å². The molecule has 1 aromatic carbocycles. The van der Waals surface area contributed by atoms with Crippen molar-refractivity contribution in [3.05, 3.63) is 41.6 Å². The lowest BCUT2D eigenvalue weighted by molar-refractivity contribution is -0.141. The first-order chi connectivity index (χ1) is 18.4. The molecule has 0 bridgehead atoms. The zero-order valence-electron chi connectivity index (χ0n) is 25.6. The number of likely N-dealkylation sites (N-methyl/N-ethyl adjacent to an activating group) is 2. The van der Waals surface area contributed by atoms with Crippen molar-refractivity contribution in [1.29, 1.82) is 0 Å². The first-order valence-electron chi connectivity index (χ1n) is 13.5. The van der Waals surface area contributed by atoms with Crippen molar-refractivity contribution in [2.24, 2.45) is 18.4 Å². The number of carboxylic acids is 1. The van der Waals surface area contributed by atoms with E-state index in [0.29, 0.717) is 0 Å². The van der Waals surface area contributed by atoms with E-state index in [1.165, 1.54) is 6.92 Å². The van der Waals surface area contributed by atoms with Gasteiger partial charge < -0.3 is 28.7 Å². The molecule has 10 heteroatoms. The molecule has 0 fully saturated rings. The first-order valence-corrected chi connectivity index (χ1v) is 14.6. The number of nitrogens with one attached hydrogen (secondary N) is 3. The number of carboxylic acid groups (broad SMARTS) is 1. The van der Waals surface area contributed by atoms with Crippen LogP contribution in [-0.2, 0) is 26.8 Å². The number of hydrogen-bond acceptors (Lipinski definition) is 5. The van der Waals surface area contributed by atoms with Crippen LogP contribution in [0.5, 0.6) is 0 Å². The van der Waals surface area contributed by atoms with Crippen molar-refractivity contribution in [3.63, 3.8) is 0 Å². The van der Waals surface area contributed by atoms with E-state index in [1.54, 1.807) is 25.1 Å². The lowest BCUT2D eigenvalue weighted by atomic mass is 9.76. The third-order valence-electron chi connectivity index (χ3n) is 7.70. The zero-order valence-corrected chi connectivity index (χ0v) is 27.8. The van der Waals surface area contributed by atoms with Crippen LogP contribution in [0.15, 0.2) is 36.0 Å². The van der Waals surface area contributed by atoms with Crippen LogP contribution in [0.3, 0.4) is 0 Å². The van der Waals surface area contributed by atoms with E-state index in [9.17, 15) is 19.5 Å². The summed E-state index contributed by atoms with van der Waals surface area (Å²) in [4.78, 5) is 40.9. The van der Waals surface area contributed by atoms with Gasteiger partial charge in [-0.3, -0.25) is 9.59 Å². The molecule has 0 aliphatic carbocycles. The predicted octanol–water partition coefficient (Wildman–Crippen LogP) is 4.85. The quantitative estimate of drug-likeness (QED) is 0.155. The number of amides is 2. The molecular formula is C30H46IN5O4. The van der Waals surface area contributed by atoms with Crippen LogP contribution in [0.4, 0.5) is 5.69 Å². The van der Waals surface area contributed by atoms with Gasteiger partial charge in [0.25, 0.3) is 0 Å². The van der Waals surface area contributed by atoms with Gasteiger partial charge in [0.2, 0.25) is 11.8 Å². The Morgan fingerprint density at radius 3 is 2.17 bits per heavy atom. The van der Waals surface area contributed by atoms with E-state index in [-0.39, 0.29) is 23.3 Å². The minimum absolute atomic E-state index is 0.0298. The number of hydrogen-bond donors (Lipinski definition) is 4. The standard InChI is InChI=1S/C30H46IN5O4/c1-17(2)22(14-18(3)28(39)40)36(11)27(38)25(29(4,5)6)33-26(37)24(32-9)30(7,8)21-16-35(10)23-15-19(34-31)12-13-20(21)23/h12-17,22,24-25,32,34H,1-11H3,(H,33,37)(H,39,40)/b18-14+/t22-,24+,25-/m1/s1. The smallest absolute Gasteiger partial charge is 0.331 e. The van der Waals surface area contributed by atoms with Gasteiger partial charge in [-0.1, -0.05) is 60.6 Å². The van der Waals surface area contributed by atoms with Crippen molar-refractivity contribution >= 4 is 57.2 Å². The summed E-state index contributed by atoms with van der Waals surface area (Å²) in [5, 5.41) is 16.7. The molecule has 0 aliphatic rings. The fraction of sp³-hybridized carbons (Fsp3) is 0.567. The molecule has 2 aromatic rings. The molecule has 3 atom stereocenters. The molecule has 4 N–H and O–H groups in total. The lowest BCUT2D eigenvalue weighted by Gasteiger charge is -2.39. The van der Waals surface area contributed by atoms with Crippen LogP contribution in [-0.4, -0.2) is 64.6 Å². The summed E-state index contributed by atoms with van der Waals surface area (Å²) in [7, 11) is 5.41. The number of aromatic nitrogens is 1. The number of nitrogens with zero attached hydrogens (tertiary/aromatic N) is 2. The Hall–Kier alpha value is -2.60. The highest BCUT2D eigenvalue weighted by Crippen LogP contribution is 2.36. The van der Waals surface area contributed by atoms with Crippen molar-refractivity contribution in [2.75, 3.05) is 17.6 Å². The van der Waals surface area contributed by atoms with Gasteiger partial charge in [0.05, 0.1) is 40.5 Å². The third kappa shape index (κ3) is 7.18. The molecule has 222 valence electrons. The average Bonchev–Trinajstić information content (AvgIpc) is 3.20. The fourth-order valence-corrected chi connectivity index (χ4v) is 5.57. The second-order valence-corrected chi connectivity index (χ2v) is 13.1. The summed E-state index contributed by atoms with van der Waals surface area (Å²) >= 11 is 2.11. The Morgan fingerprint density at radius 1 is 1.10 bits per heavy atom. The molecule has 0 spiro atoms. The minimum Gasteiger partial charge on any atom is -0.478 e. The van der Waals surface area contributed by atoms with E-state index in [1.807, 2.05) is 61.6 Å². The number of benzene rings is 1. The first kappa shape index (κ1) is 33.6. The second kappa shape index (κ2) is 12.9. The molecule has 0 unspecified atom stereocenters. The maximum absolute atomic E-state index is 13.9. The van der Waals surface area contributed by atoms with Crippen molar-refractivity contribution < 1.29 is 19.5 Å². The predicted molar refractivity (Wildman–Crippen MR) is 171 cm³/mol. The summed E-state index contributed by atoms with van der Waals surface area (Å²) in [5.74, 6) is -1.61. The summed E-state index contributed by atoms with van der Waals surface area (Å²) in [6.07, 6.45) is 3.66. The molecule has 40 heavy (non-hydrogen) atoms. The Labute approximate surface area is 252 Å². The maximum Gasteiger partial charge on any atom is 0.331 e. The Morgan fingerprint density at radius 2 is 1.70 bits per heavy atom. The fourth-order valence-electron chi connectivity index (χ4n) is 5.24. The van der Waals surface area contributed by atoms with E-state index in [2.05, 4.69) is 59.9 Å². The van der Waals surface area contributed by atoms with Gasteiger partial charge in [-0.2, -0.15) is 0 Å². The summed E-state index contributed by atoms with van der Waals surface area (Å²) in [6, 6.07) is 4.23. The number of fused-ring (bicyclic) bond motifs is 1. The highest BCUT2D eigenvalue weighted by Gasteiger charge is 2.42. The van der Waals surface area contributed by atoms with Crippen molar-refractivity contribution in [2.45, 2.75) is 78.9 Å². The van der Waals surface area contributed by atoms with Crippen LogP contribution in [0.1, 0.15) is 61.0 Å². The molecule has 0 radical (unpaired) electrons. The summed E-state index contributed by atoms with van der Waals surface area (Å²) in [6.45, 7) is 15.2. The van der Waals surface area contributed by atoms with Crippen LogP contribution < -0.4 is 14.2 Å². The monoisotopic (exact) mass is 667 g/mol. The van der Waals surface area contributed by atoms with Crippen LogP contribution >= 0.6 is 22.9 Å². The van der Waals surface area contributed by atoms with E-state index in [4.69, 9.17) is 0 Å². The molecule has 0 saturated heterocycles. The van der Waals surface area contributed by atoms with Gasteiger partial charge in [-0.05, 0) is 43.0 Å². The molecular weight excluding hydrogens is 621 g/mol. The normalized spacial score (nSPS) is 15.1. The number of halogens is 1. The Kier molecular flexibility index (Phi) is 10.9. The van der Waals surface area contributed by atoms with Gasteiger partial charge in [0.1, 0.15) is 6.04 Å². The Balaban J connectivity index is 2.46. The molecule has 0 aliphatic heterocycles. The third-order valence-corrected chi connectivity index (χ3v) is 8.32. The number of anilines is 1. The minimum atomic E-state index is -1.03. The molecule has 2 rings (SSSR count). The number of carbonyl (C=O) groups is 3. The van der Waals surface area contributed by atoms with Gasteiger partial charge in [0.15, 0.2) is 0 Å². The highest BCUT2D eigenvalue weighted by molar-refractivity contribution is 14.1. The van der Waals surface area contributed by atoms with E-state index >= 15 is 0 Å². The lowest BCUT2D eigenvalue weighted by Crippen LogP contribution is -2.61. The molecule has 0 saturated carbocycles. The number of carbonyl (C=O) groups excluding carboxylic acids is 2. The van der Waals surface area contributed by atoms with Crippen molar-refractivity contribution in [3.8, 4) is 0 Å². The SMILES string of the molecule is CN[C@@H](C(=O)N[C@H](C(=O)N(C)[C@H](/C=C(\C)C(=O)O)C(C)C)C(C)(C)C)C(C)(C)c1cn(C)c2cc(NI)ccc12. The van der Waals surface area contributed by atoms with Crippen LogP contribution in [0.2, 0.25) is 0 Å². The molecule has 9 nitrogen and oxygen atoms in total. The largest absolute Gasteiger partial charge is 0.478 e. The second-order valence-electron chi connectivity index (χ2n) is 12.6. The molecule has 1 aromatic heterocycles. The van der Waals surface area contributed by atoms with Gasteiger partial charge in [0, 0.05) is 42.4 Å². The topological polar surface area (TPSA) is 116 Å². The highest BCUT2D eigenvalue weighted by atomic mass is 127. The zero-order chi connectivity index (χ0) is 30.7. The molecule has 2 amide bonds. The summed E-state index contributed by atoms with van der Waals surface area (Å²) in [5.41, 5.74) is 2.00. The number of rotatable bonds is 11. The number of aliphatic carboxylic acids is 1. The Bertz CT molecular complexity index is 1270. The van der Waals surface area contributed by atoms with Crippen LogP contribution in [0, 0.1) is 11.3 Å². The van der Waals surface area contributed by atoms with Crippen LogP contribution in [0.25, 0.3) is 10.9 Å². The number of aryl methyl sites for hydroxylation is 1. The van der Waals surface area contributed by atoms with Crippen molar-refractivity contribution in [1.82, 2.24) is 20.1 Å². The van der Waals surface area contributed by atoms with Gasteiger partial charge in [-0.15, -0.1) is 0 Å². The summed E-state index contributed by atoms with van der Waals surface area (Å²) < 4.78 is 5.20. The maximum atomic E-state index is 13.9. The molecule has 1 heterocycles. The van der Waals surface area contributed by atoms with Gasteiger partial charge >= 0.3 is 5.97 Å². The van der Waals surface area contributed by atoms with E-state index < -0.39 is 34.9 Å². The van der Waals surface area contributed by atoms with Gasteiger partial charge in [-0.25, -0.2) is 4.79 Å².